The second kappa shape index (κ2) is 14.0. The Hall–Kier alpha value is -3.08. The van der Waals surface area contributed by atoms with Gasteiger partial charge in [0.1, 0.15) is 5.75 Å². The fourth-order valence-corrected chi connectivity index (χ4v) is 4.56. The van der Waals surface area contributed by atoms with Crippen molar-refractivity contribution in [3.63, 3.8) is 0 Å². The number of methoxy groups -OCH3 is 1. The van der Waals surface area contributed by atoms with E-state index < -0.39 is 5.91 Å². The Balaban J connectivity index is 1.67. The molecule has 0 aromatic heterocycles. The molecule has 8 nitrogen and oxygen atoms in total. The van der Waals surface area contributed by atoms with Gasteiger partial charge in [0.05, 0.1) is 24.4 Å². The number of anilines is 1. The summed E-state index contributed by atoms with van der Waals surface area (Å²) in [6.07, 6.45) is 2.28. The molecule has 0 heterocycles. The number of benzene rings is 3. The fourth-order valence-electron chi connectivity index (χ4n) is 3.06. The molecule has 194 valence electrons. The van der Waals surface area contributed by atoms with Crippen LogP contribution in [0.15, 0.2) is 68.6 Å². The topological polar surface area (TPSA) is 98.3 Å². The van der Waals surface area contributed by atoms with E-state index in [-0.39, 0.29) is 12.5 Å². The SMILES string of the molecule is CCCOc1ccc(C(=O)N/N=C/c2cc(Br)cc(Br)c2OCC(=O)Nc2ccc(Cl)cc2)cc1OC. The van der Waals surface area contributed by atoms with E-state index in [2.05, 4.69) is 47.7 Å². The van der Waals surface area contributed by atoms with Gasteiger partial charge in [0.25, 0.3) is 11.8 Å². The quantitative estimate of drug-likeness (QED) is 0.183. The number of nitrogens with zero attached hydrogens (tertiary/aromatic N) is 1. The number of hydrogen-bond acceptors (Lipinski definition) is 6. The van der Waals surface area contributed by atoms with E-state index in [9.17, 15) is 9.59 Å². The van der Waals surface area contributed by atoms with Crippen molar-refractivity contribution in [1.29, 1.82) is 0 Å². The highest BCUT2D eigenvalue weighted by Crippen LogP contribution is 2.32. The van der Waals surface area contributed by atoms with E-state index in [4.69, 9.17) is 25.8 Å². The van der Waals surface area contributed by atoms with Crippen LogP contribution in [0.1, 0.15) is 29.3 Å². The Morgan fingerprint density at radius 1 is 1.03 bits per heavy atom. The third kappa shape index (κ3) is 8.48. The predicted octanol–water partition coefficient (Wildman–Crippen LogP) is 6.44. The summed E-state index contributed by atoms with van der Waals surface area (Å²) in [5.41, 5.74) is 3.96. The van der Waals surface area contributed by atoms with E-state index >= 15 is 0 Å². The Morgan fingerprint density at radius 2 is 1.78 bits per heavy atom. The molecule has 11 heteroatoms. The minimum Gasteiger partial charge on any atom is -0.493 e. The zero-order chi connectivity index (χ0) is 26.8. The summed E-state index contributed by atoms with van der Waals surface area (Å²) in [5.74, 6) is 0.606. The number of rotatable bonds is 11. The average Bonchev–Trinajstić information content (AvgIpc) is 2.88. The highest BCUT2D eigenvalue weighted by atomic mass is 79.9. The molecule has 2 amide bonds. The minimum absolute atomic E-state index is 0.248. The van der Waals surface area contributed by atoms with Crippen LogP contribution in [0.2, 0.25) is 5.02 Å². The molecule has 3 aromatic carbocycles. The zero-order valence-electron chi connectivity index (χ0n) is 20.0. The number of carbonyl (C=O) groups is 2. The van der Waals surface area contributed by atoms with Crippen LogP contribution >= 0.6 is 43.5 Å². The molecule has 0 bridgehead atoms. The molecule has 0 unspecified atom stereocenters. The summed E-state index contributed by atoms with van der Waals surface area (Å²) in [7, 11) is 1.51. The highest BCUT2D eigenvalue weighted by Gasteiger charge is 2.13. The molecule has 0 radical (unpaired) electrons. The largest absolute Gasteiger partial charge is 0.493 e. The van der Waals surface area contributed by atoms with Gasteiger partial charge < -0.3 is 19.5 Å². The fraction of sp³-hybridized carbons (Fsp3) is 0.192. The number of amides is 2. The maximum absolute atomic E-state index is 12.6. The van der Waals surface area contributed by atoms with E-state index in [1.54, 1.807) is 54.6 Å². The summed E-state index contributed by atoms with van der Waals surface area (Å²) in [5, 5.41) is 7.36. The Kier molecular flexibility index (Phi) is 10.8. The van der Waals surface area contributed by atoms with Gasteiger partial charge in [-0.3, -0.25) is 9.59 Å². The van der Waals surface area contributed by atoms with Gasteiger partial charge in [-0.05, 0) is 76.9 Å². The Labute approximate surface area is 236 Å². The molecular formula is C26H24Br2ClN3O5. The summed E-state index contributed by atoms with van der Waals surface area (Å²) in [6.45, 7) is 2.30. The van der Waals surface area contributed by atoms with Crippen LogP contribution in [0.25, 0.3) is 0 Å². The maximum Gasteiger partial charge on any atom is 0.271 e. The number of hydrazone groups is 1. The third-order valence-electron chi connectivity index (χ3n) is 4.77. The summed E-state index contributed by atoms with van der Waals surface area (Å²) >= 11 is 12.7. The first-order valence-electron chi connectivity index (χ1n) is 11.1. The molecule has 0 fully saturated rings. The molecule has 0 aliphatic carbocycles. The minimum atomic E-state index is -0.435. The number of halogens is 3. The zero-order valence-corrected chi connectivity index (χ0v) is 23.9. The van der Waals surface area contributed by atoms with Crippen LogP contribution in [0.4, 0.5) is 5.69 Å². The lowest BCUT2D eigenvalue weighted by molar-refractivity contribution is -0.118. The highest BCUT2D eigenvalue weighted by molar-refractivity contribution is 9.11. The van der Waals surface area contributed by atoms with E-state index in [0.29, 0.717) is 50.2 Å². The van der Waals surface area contributed by atoms with Crippen molar-refractivity contribution < 1.29 is 23.8 Å². The number of nitrogens with one attached hydrogen (secondary N) is 2. The standard InChI is InChI=1S/C26H24Br2ClN3O5/c1-3-10-36-22-9-4-16(12-23(22)35-2)26(34)32-30-14-17-11-18(27)13-21(28)25(17)37-15-24(33)31-20-7-5-19(29)6-8-20/h4-9,11-14H,3,10,15H2,1-2H3,(H,31,33)(H,32,34)/b30-14+. The molecule has 0 saturated heterocycles. The first kappa shape index (κ1) is 28.5. The van der Waals surface area contributed by atoms with Gasteiger partial charge in [-0.1, -0.05) is 34.5 Å². The van der Waals surface area contributed by atoms with E-state index in [1.165, 1.54) is 13.3 Å². The Morgan fingerprint density at radius 3 is 2.49 bits per heavy atom. The van der Waals surface area contributed by atoms with Gasteiger partial charge in [-0.25, -0.2) is 5.43 Å². The van der Waals surface area contributed by atoms with Crippen LogP contribution in [0.3, 0.4) is 0 Å². The molecule has 2 N–H and O–H groups in total. The first-order chi connectivity index (χ1) is 17.8. The smallest absolute Gasteiger partial charge is 0.271 e. The van der Waals surface area contributed by atoms with Crippen molar-refractivity contribution in [2.75, 3.05) is 25.6 Å². The van der Waals surface area contributed by atoms with Crippen molar-refractivity contribution in [2.45, 2.75) is 13.3 Å². The van der Waals surface area contributed by atoms with Gasteiger partial charge in [0.15, 0.2) is 18.1 Å². The van der Waals surface area contributed by atoms with Gasteiger partial charge >= 0.3 is 0 Å². The van der Waals surface area contributed by atoms with Gasteiger partial charge in [0.2, 0.25) is 0 Å². The van der Waals surface area contributed by atoms with Crippen molar-refractivity contribution in [2.24, 2.45) is 5.10 Å². The second-order valence-electron chi connectivity index (χ2n) is 7.56. The molecule has 0 aliphatic heterocycles. The second-order valence-corrected chi connectivity index (χ2v) is 9.77. The van der Waals surface area contributed by atoms with Gasteiger partial charge in [-0.2, -0.15) is 5.10 Å². The van der Waals surface area contributed by atoms with E-state index in [1.807, 2.05) is 6.92 Å². The van der Waals surface area contributed by atoms with Crippen LogP contribution < -0.4 is 25.0 Å². The number of carbonyl (C=O) groups excluding carboxylic acids is 2. The summed E-state index contributed by atoms with van der Waals surface area (Å²) < 4.78 is 18.1. The first-order valence-corrected chi connectivity index (χ1v) is 13.1. The molecule has 0 saturated carbocycles. The summed E-state index contributed by atoms with van der Waals surface area (Å²) in [4.78, 5) is 25.0. The molecule has 0 atom stereocenters. The van der Waals surface area contributed by atoms with Crippen molar-refractivity contribution in [3.05, 3.63) is 79.7 Å². The summed E-state index contributed by atoms with van der Waals surface area (Å²) in [6, 6.07) is 15.1. The van der Waals surface area contributed by atoms with Crippen molar-refractivity contribution in [3.8, 4) is 17.2 Å². The molecule has 0 spiro atoms. The monoisotopic (exact) mass is 651 g/mol. The number of ether oxygens (including phenoxy) is 3. The predicted molar refractivity (Wildman–Crippen MR) is 151 cm³/mol. The van der Waals surface area contributed by atoms with Crippen molar-refractivity contribution >= 4 is 67.2 Å². The molecule has 3 aromatic rings. The molecule has 0 aliphatic rings. The third-order valence-corrected chi connectivity index (χ3v) is 6.07. The molecule has 37 heavy (non-hydrogen) atoms. The van der Waals surface area contributed by atoms with E-state index in [0.717, 1.165) is 10.9 Å². The van der Waals surface area contributed by atoms with Crippen LogP contribution in [-0.4, -0.2) is 38.4 Å². The average molecular weight is 654 g/mol. The van der Waals surface area contributed by atoms with Gasteiger partial charge in [0, 0.05) is 26.3 Å². The molecular weight excluding hydrogens is 630 g/mol. The maximum atomic E-state index is 12.6. The van der Waals surface area contributed by atoms with Crippen molar-refractivity contribution in [1.82, 2.24) is 5.43 Å². The normalized spacial score (nSPS) is 10.7. The number of hydrogen-bond donors (Lipinski definition) is 2. The lowest BCUT2D eigenvalue weighted by atomic mass is 10.2. The van der Waals surface area contributed by atoms with Crippen LogP contribution in [0.5, 0.6) is 17.2 Å². The van der Waals surface area contributed by atoms with Crippen LogP contribution in [-0.2, 0) is 4.79 Å². The lowest BCUT2D eigenvalue weighted by Crippen LogP contribution is -2.21. The Bertz CT molecular complexity index is 1290. The van der Waals surface area contributed by atoms with Crippen LogP contribution in [0, 0.1) is 0 Å². The lowest BCUT2D eigenvalue weighted by Gasteiger charge is -2.12. The molecule has 3 rings (SSSR count). The van der Waals surface area contributed by atoms with Gasteiger partial charge in [-0.15, -0.1) is 0 Å².